The molecule has 1 fully saturated rings. The number of rotatable bonds is 5. The molecule has 1 atom stereocenters. The van der Waals surface area contributed by atoms with Crippen molar-refractivity contribution in [2.75, 3.05) is 7.11 Å². The number of nitrogens with zero attached hydrogens (tertiary/aromatic N) is 2. The van der Waals surface area contributed by atoms with Crippen molar-refractivity contribution in [2.24, 2.45) is 10.2 Å². The van der Waals surface area contributed by atoms with Gasteiger partial charge in [-0.15, -0.1) is 5.10 Å². The van der Waals surface area contributed by atoms with Gasteiger partial charge < -0.3 is 15.2 Å². The lowest BCUT2D eigenvalue weighted by Gasteiger charge is -2.02. The normalized spacial score (nSPS) is 18.8. The van der Waals surface area contributed by atoms with Gasteiger partial charge in [-0.25, -0.2) is 4.79 Å². The van der Waals surface area contributed by atoms with Gasteiger partial charge >= 0.3 is 11.9 Å². The van der Waals surface area contributed by atoms with Gasteiger partial charge in [0.2, 0.25) is 5.91 Å². The Balaban J connectivity index is 2.04. The largest absolute Gasteiger partial charge is 0.481 e. The second-order valence-electron chi connectivity index (χ2n) is 4.57. The zero-order chi connectivity index (χ0) is 17.7. The van der Waals surface area contributed by atoms with E-state index in [2.05, 4.69) is 20.3 Å². The maximum absolute atomic E-state index is 11.5. The zero-order valence-corrected chi connectivity index (χ0v) is 13.9. The number of benzene rings is 1. The minimum absolute atomic E-state index is 0.212. The number of methoxy groups -OCH3 is 1. The van der Waals surface area contributed by atoms with Crippen LogP contribution in [0.4, 0.5) is 0 Å². The summed E-state index contributed by atoms with van der Waals surface area (Å²) in [7, 11) is 1.26. The molecule has 0 spiro atoms. The molecule has 1 saturated heterocycles. The Morgan fingerprint density at radius 3 is 2.88 bits per heavy atom. The highest BCUT2D eigenvalue weighted by molar-refractivity contribution is 8.15. The molecular weight excluding hydrogens is 358 g/mol. The van der Waals surface area contributed by atoms with Crippen LogP contribution < -0.4 is 5.32 Å². The molecule has 0 radical (unpaired) electrons. The van der Waals surface area contributed by atoms with Gasteiger partial charge in [-0.3, -0.25) is 9.59 Å². The molecule has 8 nitrogen and oxygen atoms in total. The van der Waals surface area contributed by atoms with E-state index in [9.17, 15) is 14.4 Å². The Morgan fingerprint density at radius 2 is 2.25 bits per heavy atom. The lowest BCUT2D eigenvalue weighted by atomic mass is 10.1. The number of hydrogen-bond acceptors (Lipinski definition) is 7. The van der Waals surface area contributed by atoms with Crippen molar-refractivity contribution in [3.8, 4) is 0 Å². The van der Waals surface area contributed by atoms with E-state index in [1.165, 1.54) is 25.5 Å². The number of aliphatic carboxylic acids is 1. The fourth-order valence-corrected chi connectivity index (χ4v) is 2.96. The molecule has 1 aromatic rings. The summed E-state index contributed by atoms with van der Waals surface area (Å²) in [6, 6.07) is 4.62. The summed E-state index contributed by atoms with van der Waals surface area (Å²) in [5, 5.41) is 18.5. The molecule has 1 amide bonds. The molecule has 10 heteroatoms. The Morgan fingerprint density at radius 1 is 1.50 bits per heavy atom. The van der Waals surface area contributed by atoms with E-state index in [0.717, 1.165) is 11.8 Å². The number of esters is 1. The lowest BCUT2D eigenvalue weighted by molar-refractivity contribution is -0.138. The number of ether oxygens (including phenoxy) is 1. The topological polar surface area (TPSA) is 117 Å². The molecule has 0 aliphatic carbocycles. The molecule has 1 aromatic carbocycles. The van der Waals surface area contributed by atoms with Crippen molar-refractivity contribution in [3.05, 3.63) is 34.3 Å². The van der Waals surface area contributed by atoms with Crippen molar-refractivity contribution < 1.29 is 24.2 Å². The van der Waals surface area contributed by atoms with Crippen molar-refractivity contribution >= 4 is 52.6 Å². The molecule has 0 bridgehead atoms. The summed E-state index contributed by atoms with van der Waals surface area (Å²) >= 11 is 6.98. The van der Waals surface area contributed by atoms with Gasteiger partial charge in [0.1, 0.15) is 5.25 Å². The van der Waals surface area contributed by atoms with Crippen molar-refractivity contribution in [2.45, 2.75) is 11.7 Å². The highest BCUT2D eigenvalue weighted by atomic mass is 35.5. The Kier molecular flexibility index (Phi) is 5.93. The van der Waals surface area contributed by atoms with Gasteiger partial charge in [-0.1, -0.05) is 29.4 Å². The zero-order valence-electron chi connectivity index (χ0n) is 12.4. The van der Waals surface area contributed by atoms with Gasteiger partial charge in [-0.2, -0.15) is 5.10 Å². The molecule has 1 unspecified atom stereocenters. The molecular formula is C14H12ClN3O5S. The maximum Gasteiger partial charge on any atom is 0.339 e. The first-order chi connectivity index (χ1) is 11.4. The number of amidine groups is 1. The van der Waals surface area contributed by atoms with Crippen LogP contribution in [-0.4, -0.2) is 46.7 Å². The Hall–Kier alpha value is -2.39. The summed E-state index contributed by atoms with van der Waals surface area (Å²) in [5.74, 6) is -2.02. The first-order valence-electron chi connectivity index (χ1n) is 6.59. The van der Waals surface area contributed by atoms with Crippen molar-refractivity contribution in [3.63, 3.8) is 0 Å². The van der Waals surface area contributed by atoms with E-state index in [1.54, 1.807) is 6.07 Å². The Labute approximate surface area is 145 Å². The van der Waals surface area contributed by atoms with Crippen LogP contribution in [0, 0.1) is 0 Å². The third kappa shape index (κ3) is 4.56. The quantitative estimate of drug-likeness (QED) is 0.461. The predicted molar refractivity (Wildman–Crippen MR) is 89.6 cm³/mol. The molecule has 1 heterocycles. The second kappa shape index (κ2) is 7.93. The first kappa shape index (κ1) is 18.0. The van der Waals surface area contributed by atoms with Gasteiger partial charge in [0, 0.05) is 0 Å². The lowest BCUT2D eigenvalue weighted by Crippen LogP contribution is -2.26. The number of thioether (sulfide) groups is 1. The molecule has 126 valence electrons. The molecule has 24 heavy (non-hydrogen) atoms. The highest BCUT2D eigenvalue weighted by Crippen LogP contribution is 2.22. The number of amides is 1. The predicted octanol–water partition coefficient (Wildman–Crippen LogP) is 1.52. The summed E-state index contributed by atoms with van der Waals surface area (Å²) < 4.78 is 4.59. The van der Waals surface area contributed by atoms with E-state index in [1.807, 2.05) is 0 Å². The third-order valence-corrected chi connectivity index (χ3v) is 4.28. The van der Waals surface area contributed by atoms with Crippen LogP contribution in [0.5, 0.6) is 0 Å². The van der Waals surface area contributed by atoms with Crippen LogP contribution in [-0.2, 0) is 14.3 Å². The molecule has 2 N–H and O–H groups in total. The van der Waals surface area contributed by atoms with Crippen molar-refractivity contribution in [1.82, 2.24) is 5.32 Å². The van der Waals surface area contributed by atoms with Crippen LogP contribution in [0.25, 0.3) is 0 Å². The van der Waals surface area contributed by atoms with Crippen LogP contribution in [0.2, 0.25) is 5.02 Å². The van der Waals surface area contributed by atoms with Gasteiger partial charge in [0.25, 0.3) is 0 Å². The smallest absolute Gasteiger partial charge is 0.339 e. The molecule has 1 aliphatic heterocycles. The number of halogens is 1. The third-order valence-electron chi connectivity index (χ3n) is 2.89. The second-order valence-corrected chi connectivity index (χ2v) is 6.17. The van der Waals surface area contributed by atoms with Crippen molar-refractivity contribution in [1.29, 1.82) is 0 Å². The average Bonchev–Trinajstić information content (AvgIpc) is 2.86. The summed E-state index contributed by atoms with van der Waals surface area (Å²) in [6.07, 6.45) is 1.10. The monoisotopic (exact) mass is 369 g/mol. The summed E-state index contributed by atoms with van der Waals surface area (Å²) in [6.45, 7) is 0. The van der Waals surface area contributed by atoms with Gasteiger partial charge in [0.05, 0.1) is 30.3 Å². The molecule has 2 rings (SSSR count). The average molecular weight is 370 g/mol. The van der Waals surface area contributed by atoms with E-state index in [0.29, 0.717) is 5.56 Å². The van der Waals surface area contributed by atoms with Gasteiger partial charge in [0.15, 0.2) is 5.17 Å². The maximum atomic E-state index is 11.5. The van der Waals surface area contributed by atoms with E-state index < -0.39 is 23.1 Å². The molecule has 0 aromatic heterocycles. The van der Waals surface area contributed by atoms with Crippen LogP contribution in [0.3, 0.4) is 0 Å². The number of hydrogen-bond donors (Lipinski definition) is 2. The van der Waals surface area contributed by atoms with E-state index in [4.69, 9.17) is 16.7 Å². The van der Waals surface area contributed by atoms with Crippen LogP contribution in [0.1, 0.15) is 22.3 Å². The number of nitrogens with one attached hydrogen (secondary N) is 1. The number of carboxylic acid groups (broad SMARTS) is 1. The molecule has 1 aliphatic rings. The highest BCUT2D eigenvalue weighted by Gasteiger charge is 2.32. The fourth-order valence-electron chi connectivity index (χ4n) is 1.78. The van der Waals surface area contributed by atoms with E-state index >= 15 is 0 Å². The van der Waals surface area contributed by atoms with Crippen LogP contribution in [0.15, 0.2) is 28.4 Å². The summed E-state index contributed by atoms with van der Waals surface area (Å²) in [4.78, 5) is 33.6. The SMILES string of the molecule is COC(=O)c1ccc(C=NN=C2NC(=O)C(CC(=O)O)S2)cc1Cl. The van der Waals surface area contributed by atoms with Crippen LogP contribution >= 0.6 is 23.4 Å². The molecule has 0 saturated carbocycles. The van der Waals surface area contributed by atoms with Gasteiger partial charge in [-0.05, 0) is 17.7 Å². The minimum atomic E-state index is -1.06. The standard InChI is InChI=1S/C14H12ClN3O5S/c1-23-13(22)8-3-2-7(4-9(8)15)6-16-18-14-17-12(21)10(24-14)5-11(19)20/h2-4,6,10H,5H2,1H3,(H,19,20)(H,17,18,21). The minimum Gasteiger partial charge on any atom is -0.481 e. The fraction of sp³-hybridized carbons (Fsp3) is 0.214. The number of carbonyl (C=O) groups is 3. The van der Waals surface area contributed by atoms with E-state index in [-0.39, 0.29) is 22.2 Å². The summed E-state index contributed by atoms with van der Waals surface area (Å²) in [5.41, 5.74) is 0.825. The Bertz CT molecular complexity index is 750. The number of carbonyl (C=O) groups excluding carboxylic acids is 2. The number of carboxylic acids is 1. The first-order valence-corrected chi connectivity index (χ1v) is 7.84.